The molecule has 0 saturated carbocycles. The Hall–Kier alpha value is -2.99. The van der Waals surface area contributed by atoms with Gasteiger partial charge in [-0.2, -0.15) is 26.3 Å². The Morgan fingerprint density at radius 3 is 1.62 bits per heavy atom. The lowest BCUT2D eigenvalue weighted by molar-refractivity contribution is -0.307. The van der Waals surface area contributed by atoms with Gasteiger partial charge in [-0.15, -0.1) is 0 Å². The minimum Gasteiger partial charge on any atom is -0.439 e. The maximum Gasteiger partial charge on any atom is 0.434 e. The Morgan fingerprint density at radius 1 is 0.735 bits per heavy atom. The molecule has 0 unspecified atom stereocenters. The molecule has 12 heteroatoms. The van der Waals surface area contributed by atoms with E-state index in [1.807, 2.05) is 0 Å². The van der Waals surface area contributed by atoms with Crippen LogP contribution in [0.2, 0.25) is 0 Å². The third kappa shape index (κ3) is 4.27. The Morgan fingerprint density at radius 2 is 1.18 bits per heavy atom. The van der Waals surface area contributed by atoms with E-state index >= 15 is 0 Å². The van der Waals surface area contributed by atoms with E-state index in [-0.39, 0.29) is 9.79 Å². The molecule has 0 aromatic heterocycles. The number of hydrogen-bond acceptors (Lipinski definition) is 4. The molecule has 1 heterocycles. The summed E-state index contributed by atoms with van der Waals surface area (Å²) < 4.78 is 106. The van der Waals surface area contributed by atoms with Crippen molar-refractivity contribution in [3.05, 3.63) is 78.4 Å². The number of carbonyl (C=O) groups excluding carboxylic acids is 1. The van der Waals surface area contributed by atoms with Gasteiger partial charge < -0.3 is 4.74 Å². The van der Waals surface area contributed by atoms with E-state index in [9.17, 15) is 39.6 Å². The van der Waals surface area contributed by atoms with Crippen molar-refractivity contribution in [3.8, 4) is 0 Å². The third-order valence-electron chi connectivity index (χ3n) is 4.86. The number of ether oxygens (including phenoxy) is 1. The molecule has 4 rings (SSSR count). The molecule has 0 amide bonds. The van der Waals surface area contributed by atoms with E-state index in [0.29, 0.717) is 14.7 Å². The first kappa shape index (κ1) is 24.1. The highest BCUT2D eigenvalue weighted by Gasteiger charge is 2.60. The highest BCUT2D eigenvalue weighted by molar-refractivity contribution is 8.00. The average molecular weight is 519 g/mol. The minimum atomic E-state index is -5.82. The van der Waals surface area contributed by atoms with Crippen LogP contribution >= 0.6 is 0 Å². The van der Waals surface area contributed by atoms with Gasteiger partial charge in [0, 0.05) is 0 Å². The van der Waals surface area contributed by atoms with Gasteiger partial charge >= 0.3 is 18.3 Å². The van der Waals surface area contributed by atoms with Gasteiger partial charge in [-0.05, 0) is 48.5 Å². The predicted octanol–water partition coefficient (Wildman–Crippen LogP) is 5.58. The van der Waals surface area contributed by atoms with E-state index < -0.39 is 50.7 Å². The van der Waals surface area contributed by atoms with Crippen LogP contribution in [0.15, 0.2) is 97.3 Å². The number of halogens is 6. The summed E-state index contributed by atoms with van der Waals surface area (Å²) in [4.78, 5) is 13.7. The molecule has 0 radical (unpaired) electrons. The maximum absolute atomic E-state index is 13.0. The molecule has 3 aromatic rings. The second-order valence-electron chi connectivity index (χ2n) is 7.10. The summed E-state index contributed by atoms with van der Waals surface area (Å²) in [6.45, 7) is 0. The van der Waals surface area contributed by atoms with Crippen LogP contribution in [-0.2, 0) is 25.5 Å². The standard InChI is InChI=1S/C22H13F6O4S2/c23-21(24,25)20(22(26,27)28)32-19(29)13-9-11-14(12-10-13)33-15-5-1-3-7-17(15)34(30,31)18-8-4-2-6-16(18)33/h1-12,20H/q+1. The number of alkyl halides is 6. The molecule has 0 fully saturated rings. The lowest BCUT2D eigenvalue weighted by Gasteiger charge is -2.22. The molecule has 4 nitrogen and oxygen atoms in total. The van der Waals surface area contributed by atoms with Gasteiger partial charge in [-0.25, -0.2) is 13.2 Å². The summed E-state index contributed by atoms with van der Waals surface area (Å²) in [6.07, 6.45) is -15.9. The fourth-order valence-corrected chi connectivity index (χ4v) is 8.09. The van der Waals surface area contributed by atoms with Gasteiger partial charge in [0.25, 0.3) is 6.10 Å². The summed E-state index contributed by atoms with van der Waals surface area (Å²) in [5, 5.41) is 0. The van der Waals surface area contributed by atoms with Gasteiger partial charge in [-0.3, -0.25) is 0 Å². The smallest absolute Gasteiger partial charge is 0.434 e. The van der Waals surface area contributed by atoms with E-state index in [1.165, 1.54) is 24.3 Å². The van der Waals surface area contributed by atoms with Gasteiger partial charge in [0.1, 0.15) is 20.7 Å². The first-order valence-corrected chi connectivity index (χ1v) is 12.1. The van der Waals surface area contributed by atoms with Crippen LogP contribution in [0.5, 0.6) is 0 Å². The highest BCUT2D eigenvalue weighted by Crippen LogP contribution is 2.44. The maximum atomic E-state index is 13.0. The first-order chi connectivity index (χ1) is 15.8. The molecule has 1 aliphatic heterocycles. The van der Waals surface area contributed by atoms with Crippen molar-refractivity contribution < 1.29 is 44.3 Å². The van der Waals surface area contributed by atoms with Gasteiger partial charge in [0.2, 0.25) is 9.84 Å². The summed E-state index contributed by atoms with van der Waals surface area (Å²) in [7, 11) is -4.74. The normalized spacial score (nSPS) is 15.5. The van der Waals surface area contributed by atoms with Crippen LogP contribution < -0.4 is 0 Å². The summed E-state index contributed by atoms with van der Waals surface area (Å²) in [5.74, 6) is -1.79. The zero-order valence-electron chi connectivity index (χ0n) is 16.7. The fourth-order valence-electron chi connectivity index (χ4n) is 3.39. The lowest BCUT2D eigenvalue weighted by atomic mass is 10.2. The van der Waals surface area contributed by atoms with E-state index in [1.54, 1.807) is 36.4 Å². The number of sulfone groups is 1. The first-order valence-electron chi connectivity index (χ1n) is 9.44. The Balaban J connectivity index is 1.71. The van der Waals surface area contributed by atoms with Crippen molar-refractivity contribution in [2.24, 2.45) is 0 Å². The van der Waals surface area contributed by atoms with Crippen molar-refractivity contribution in [2.75, 3.05) is 0 Å². The highest BCUT2D eigenvalue weighted by atomic mass is 32.2. The number of rotatable bonds is 3. The van der Waals surface area contributed by atoms with Crippen molar-refractivity contribution in [1.29, 1.82) is 0 Å². The van der Waals surface area contributed by atoms with Crippen LogP contribution in [0.4, 0.5) is 26.3 Å². The number of benzene rings is 3. The third-order valence-corrected chi connectivity index (χ3v) is 9.33. The second kappa shape index (κ2) is 8.35. The number of esters is 1. The zero-order chi connectivity index (χ0) is 24.9. The summed E-state index contributed by atoms with van der Waals surface area (Å²) in [6, 6.07) is 17.4. The Labute approximate surface area is 192 Å². The molecule has 0 spiro atoms. The topological polar surface area (TPSA) is 60.4 Å². The predicted molar refractivity (Wildman–Crippen MR) is 108 cm³/mol. The quantitative estimate of drug-likeness (QED) is 0.202. The monoisotopic (exact) mass is 519 g/mol. The number of fused-ring (bicyclic) bond motifs is 2. The summed E-state index contributed by atoms with van der Waals surface area (Å²) in [5.41, 5.74) is -0.517. The largest absolute Gasteiger partial charge is 0.439 e. The Bertz CT molecular complexity index is 1280. The molecule has 178 valence electrons. The second-order valence-corrected chi connectivity index (χ2v) is 10.9. The molecule has 0 aliphatic carbocycles. The van der Waals surface area contributed by atoms with Crippen LogP contribution in [0.1, 0.15) is 10.4 Å². The number of carbonyl (C=O) groups is 1. The molecule has 0 bridgehead atoms. The van der Waals surface area contributed by atoms with E-state index in [0.717, 1.165) is 12.1 Å². The SMILES string of the molecule is O=C(OC(C(F)(F)F)C(F)(F)F)c1ccc([S+]2c3ccccc3S(=O)(=O)c3ccccc32)cc1. The molecular formula is C22H13F6O4S2+. The molecule has 0 N–H and O–H groups in total. The van der Waals surface area contributed by atoms with Crippen molar-refractivity contribution in [2.45, 2.75) is 42.9 Å². The molecule has 0 saturated heterocycles. The Kier molecular flexibility index (Phi) is 5.93. The van der Waals surface area contributed by atoms with Crippen LogP contribution in [0, 0.1) is 0 Å². The molecule has 34 heavy (non-hydrogen) atoms. The molecular weight excluding hydrogens is 506 g/mol. The summed E-state index contributed by atoms with van der Waals surface area (Å²) >= 11 is 0. The molecule has 3 aromatic carbocycles. The molecule has 1 aliphatic rings. The minimum absolute atomic E-state index is 0.0960. The lowest BCUT2D eigenvalue weighted by Crippen LogP contribution is -2.45. The van der Waals surface area contributed by atoms with Crippen molar-refractivity contribution >= 4 is 26.7 Å². The fraction of sp³-hybridized carbons (Fsp3) is 0.136. The van der Waals surface area contributed by atoms with Crippen molar-refractivity contribution in [1.82, 2.24) is 0 Å². The zero-order valence-corrected chi connectivity index (χ0v) is 18.4. The van der Waals surface area contributed by atoms with E-state index in [2.05, 4.69) is 4.74 Å². The van der Waals surface area contributed by atoms with E-state index in [4.69, 9.17) is 0 Å². The van der Waals surface area contributed by atoms with Crippen LogP contribution in [0.3, 0.4) is 0 Å². The average Bonchev–Trinajstić information content (AvgIpc) is 2.76. The van der Waals surface area contributed by atoms with Gasteiger partial charge in [-0.1, -0.05) is 24.3 Å². The van der Waals surface area contributed by atoms with Crippen molar-refractivity contribution in [3.63, 3.8) is 0 Å². The van der Waals surface area contributed by atoms with Crippen LogP contribution in [-0.4, -0.2) is 32.8 Å². The molecule has 0 atom stereocenters. The van der Waals surface area contributed by atoms with Gasteiger partial charge in [0.15, 0.2) is 14.7 Å². The number of hydrogen-bond donors (Lipinski definition) is 0. The van der Waals surface area contributed by atoms with Gasteiger partial charge in [0.05, 0.1) is 5.56 Å². The van der Waals surface area contributed by atoms with Crippen LogP contribution in [0.25, 0.3) is 0 Å².